The van der Waals surface area contributed by atoms with E-state index in [2.05, 4.69) is 10.2 Å². The summed E-state index contributed by atoms with van der Waals surface area (Å²) in [5.74, 6) is 0.544. The molecular weight excluding hydrogens is 198 g/mol. The van der Waals surface area contributed by atoms with Crippen LogP contribution in [0.15, 0.2) is 28.7 Å². The summed E-state index contributed by atoms with van der Waals surface area (Å²) in [5.41, 5.74) is 0.296. The van der Waals surface area contributed by atoms with Crippen molar-refractivity contribution < 1.29 is 9.34 Å². The molecule has 6 heteroatoms. The number of hydrogen-bond donors (Lipinski definition) is 0. The van der Waals surface area contributed by atoms with Crippen LogP contribution in [-0.4, -0.2) is 15.1 Å². The molecule has 0 N–H and O–H groups in total. The van der Waals surface area contributed by atoms with Crippen LogP contribution < -0.4 is 0 Å². The maximum Gasteiger partial charge on any atom is 0.282 e. The molecule has 2 rings (SSSR count). The molecule has 0 amide bonds. The quantitative estimate of drug-likeness (QED) is 0.552. The molecule has 1 aromatic carbocycles. The Labute approximate surface area is 84.7 Å². The van der Waals surface area contributed by atoms with Gasteiger partial charge in [-0.1, -0.05) is 12.1 Å². The van der Waals surface area contributed by atoms with Crippen LogP contribution in [0.2, 0.25) is 0 Å². The first-order valence-electron chi connectivity index (χ1n) is 4.22. The second kappa shape index (κ2) is 3.49. The van der Waals surface area contributed by atoms with Crippen LogP contribution in [0.4, 0.5) is 5.69 Å². The van der Waals surface area contributed by atoms with Gasteiger partial charge in [-0.15, -0.1) is 10.2 Å². The minimum Gasteiger partial charge on any atom is -0.421 e. The molecule has 0 bridgehead atoms. The Kier molecular flexibility index (Phi) is 2.17. The third-order valence-electron chi connectivity index (χ3n) is 1.86. The molecule has 0 aliphatic heterocycles. The van der Waals surface area contributed by atoms with E-state index < -0.39 is 4.92 Å². The first-order chi connectivity index (χ1) is 7.18. The Bertz CT molecular complexity index is 507. The molecule has 0 saturated heterocycles. The smallest absolute Gasteiger partial charge is 0.282 e. The monoisotopic (exact) mass is 205 g/mol. The van der Waals surface area contributed by atoms with Crippen LogP contribution in [0.5, 0.6) is 0 Å². The van der Waals surface area contributed by atoms with Gasteiger partial charge in [0.2, 0.25) is 5.89 Å². The molecule has 1 heterocycles. The minimum atomic E-state index is -0.477. The van der Waals surface area contributed by atoms with Gasteiger partial charge in [0.05, 0.1) is 4.92 Å². The fourth-order valence-corrected chi connectivity index (χ4v) is 1.22. The minimum absolute atomic E-state index is 0.0406. The zero-order valence-electron chi connectivity index (χ0n) is 7.88. The van der Waals surface area contributed by atoms with Gasteiger partial charge in [0.1, 0.15) is 5.56 Å². The largest absolute Gasteiger partial charge is 0.421 e. The maximum absolute atomic E-state index is 10.7. The Morgan fingerprint density at radius 1 is 1.33 bits per heavy atom. The average Bonchev–Trinajstić information content (AvgIpc) is 2.65. The van der Waals surface area contributed by atoms with Crippen molar-refractivity contribution in [2.24, 2.45) is 0 Å². The molecule has 0 fully saturated rings. The van der Waals surface area contributed by atoms with Gasteiger partial charge in [-0.25, -0.2) is 0 Å². The van der Waals surface area contributed by atoms with E-state index in [0.717, 1.165) is 0 Å². The van der Waals surface area contributed by atoms with Crippen LogP contribution in [0, 0.1) is 17.0 Å². The highest BCUT2D eigenvalue weighted by molar-refractivity contribution is 5.66. The highest BCUT2D eigenvalue weighted by Crippen LogP contribution is 2.27. The van der Waals surface area contributed by atoms with Crippen LogP contribution in [0.25, 0.3) is 11.5 Å². The van der Waals surface area contributed by atoms with Gasteiger partial charge >= 0.3 is 0 Å². The molecule has 6 nitrogen and oxygen atoms in total. The molecule has 0 saturated carbocycles. The second-order valence-corrected chi connectivity index (χ2v) is 2.90. The van der Waals surface area contributed by atoms with Gasteiger partial charge in [0.25, 0.3) is 11.6 Å². The number of aryl methyl sites for hydroxylation is 1. The number of aromatic nitrogens is 2. The van der Waals surface area contributed by atoms with Crippen LogP contribution in [0.1, 0.15) is 5.89 Å². The van der Waals surface area contributed by atoms with Crippen molar-refractivity contribution in [3.63, 3.8) is 0 Å². The number of nitrogens with zero attached hydrogens (tertiary/aromatic N) is 3. The number of rotatable bonds is 2. The zero-order valence-corrected chi connectivity index (χ0v) is 7.88. The predicted octanol–water partition coefficient (Wildman–Crippen LogP) is 1.95. The lowest BCUT2D eigenvalue weighted by Crippen LogP contribution is -1.91. The van der Waals surface area contributed by atoms with E-state index in [-0.39, 0.29) is 11.6 Å². The van der Waals surface area contributed by atoms with Crippen molar-refractivity contribution in [2.75, 3.05) is 0 Å². The lowest BCUT2D eigenvalue weighted by atomic mass is 10.2. The summed E-state index contributed by atoms with van der Waals surface area (Å²) in [6.45, 7) is 1.63. The summed E-state index contributed by atoms with van der Waals surface area (Å²) in [5, 5.41) is 18.1. The molecule has 1 aromatic heterocycles. The summed E-state index contributed by atoms with van der Waals surface area (Å²) < 4.78 is 5.13. The third kappa shape index (κ3) is 1.69. The number of para-hydroxylation sites is 1. The summed E-state index contributed by atoms with van der Waals surface area (Å²) in [4.78, 5) is 10.2. The topological polar surface area (TPSA) is 82.1 Å². The van der Waals surface area contributed by atoms with Gasteiger partial charge < -0.3 is 4.42 Å². The zero-order chi connectivity index (χ0) is 10.8. The van der Waals surface area contributed by atoms with Gasteiger partial charge in [0.15, 0.2) is 0 Å². The fraction of sp³-hybridized carbons (Fsp3) is 0.111. The Morgan fingerprint density at radius 3 is 2.67 bits per heavy atom. The Hall–Kier alpha value is -2.24. The van der Waals surface area contributed by atoms with E-state index in [1.165, 1.54) is 6.07 Å². The normalized spacial score (nSPS) is 10.2. The molecule has 2 aromatic rings. The predicted molar refractivity (Wildman–Crippen MR) is 51.1 cm³/mol. The van der Waals surface area contributed by atoms with Crippen molar-refractivity contribution in [3.8, 4) is 11.5 Å². The first-order valence-corrected chi connectivity index (χ1v) is 4.22. The molecule has 0 radical (unpaired) electrons. The summed E-state index contributed by atoms with van der Waals surface area (Å²) >= 11 is 0. The van der Waals surface area contributed by atoms with Crippen molar-refractivity contribution in [2.45, 2.75) is 6.92 Å². The molecule has 0 spiro atoms. The molecule has 15 heavy (non-hydrogen) atoms. The van der Waals surface area contributed by atoms with Crippen LogP contribution in [-0.2, 0) is 0 Å². The van der Waals surface area contributed by atoms with E-state index >= 15 is 0 Å². The second-order valence-electron chi connectivity index (χ2n) is 2.90. The van der Waals surface area contributed by atoms with E-state index in [9.17, 15) is 10.1 Å². The van der Waals surface area contributed by atoms with Gasteiger partial charge in [-0.3, -0.25) is 10.1 Å². The van der Waals surface area contributed by atoms with Crippen LogP contribution in [0.3, 0.4) is 0 Å². The fourth-order valence-electron chi connectivity index (χ4n) is 1.22. The number of nitro benzene ring substituents is 1. The molecule has 0 unspecified atom stereocenters. The standard InChI is InChI=1S/C9H7N3O3/c1-6-10-11-9(15-6)7-4-2-3-5-8(7)12(13)14/h2-5H,1H3. The van der Waals surface area contributed by atoms with Crippen molar-refractivity contribution in [1.82, 2.24) is 10.2 Å². The lowest BCUT2D eigenvalue weighted by molar-refractivity contribution is -0.384. The average molecular weight is 205 g/mol. The highest BCUT2D eigenvalue weighted by atomic mass is 16.6. The summed E-state index contributed by atoms with van der Waals surface area (Å²) in [6.07, 6.45) is 0. The number of benzene rings is 1. The molecular formula is C9H7N3O3. The Balaban J connectivity index is 2.57. The van der Waals surface area contributed by atoms with Crippen molar-refractivity contribution in [1.29, 1.82) is 0 Å². The SMILES string of the molecule is Cc1nnc(-c2ccccc2[N+](=O)[O-])o1. The lowest BCUT2D eigenvalue weighted by Gasteiger charge is -1.96. The number of hydrogen-bond acceptors (Lipinski definition) is 5. The van der Waals surface area contributed by atoms with Gasteiger partial charge in [-0.2, -0.15) is 0 Å². The van der Waals surface area contributed by atoms with Gasteiger partial charge in [-0.05, 0) is 6.07 Å². The molecule has 0 atom stereocenters. The number of nitro groups is 1. The van der Waals surface area contributed by atoms with Crippen LogP contribution >= 0.6 is 0 Å². The highest BCUT2D eigenvalue weighted by Gasteiger charge is 2.18. The molecule has 76 valence electrons. The van der Waals surface area contributed by atoms with E-state index in [0.29, 0.717) is 11.5 Å². The van der Waals surface area contributed by atoms with E-state index in [4.69, 9.17) is 4.42 Å². The van der Waals surface area contributed by atoms with E-state index in [1.807, 2.05) is 0 Å². The van der Waals surface area contributed by atoms with Gasteiger partial charge in [0, 0.05) is 13.0 Å². The van der Waals surface area contributed by atoms with E-state index in [1.54, 1.807) is 25.1 Å². The summed E-state index contributed by atoms with van der Waals surface area (Å²) in [7, 11) is 0. The molecule has 0 aliphatic rings. The Morgan fingerprint density at radius 2 is 2.07 bits per heavy atom. The molecule has 0 aliphatic carbocycles. The summed E-state index contributed by atoms with van der Waals surface area (Å²) in [6, 6.07) is 6.24. The first kappa shape index (κ1) is 9.32. The van der Waals surface area contributed by atoms with Crippen molar-refractivity contribution >= 4 is 5.69 Å². The third-order valence-corrected chi connectivity index (χ3v) is 1.86. The maximum atomic E-state index is 10.7. The van der Waals surface area contributed by atoms with Crippen molar-refractivity contribution in [3.05, 3.63) is 40.3 Å².